The number of pyridine rings is 1. The first kappa shape index (κ1) is 19.4. The number of likely N-dealkylation sites (tertiary alicyclic amines) is 1. The minimum atomic E-state index is 0.522. The second-order valence-corrected chi connectivity index (χ2v) is 9.11. The molecule has 30 heavy (non-hydrogen) atoms. The van der Waals surface area contributed by atoms with Gasteiger partial charge in [0.25, 0.3) is 0 Å². The average Bonchev–Trinajstić information content (AvgIpc) is 3.28. The van der Waals surface area contributed by atoms with E-state index in [1.807, 2.05) is 12.1 Å². The fourth-order valence-corrected chi connectivity index (χ4v) is 5.78. The van der Waals surface area contributed by atoms with Gasteiger partial charge in [-0.25, -0.2) is 4.98 Å². The molecule has 2 aliphatic carbocycles. The van der Waals surface area contributed by atoms with Gasteiger partial charge >= 0.3 is 0 Å². The van der Waals surface area contributed by atoms with Crippen molar-refractivity contribution in [3.05, 3.63) is 52.7 Å². The van der Waals surface area contributed by atoms with Crippen LogP contribution in [0.15, 0.2) is 35.6 Å². The van der Waals surface area contributed by atoms with Crippen LogP contribution in [0.2, 0.25) is 0 Å². The average molecular weight is 406 g/mol. The zero-order chi connectivity index (χ0) is 20.5. The standard InChI is InChI=1S/C25H31N3O2/c1-17-11-12-23(21-9-4-8-20(17)21)30-25-22(10-5-14-26-25)24(27-29)28-15-13-18-6-2-3-7-19(18)16-28/h5,10-12,14,18-19,29H,2-4,6-9,13,15-16H2,1H3/b27-24-. The highest BCUT2D eigenvalue weighted by Crippen LogP contribution is 2.38. The van der Waals surface area contributed by atoms with E-state index in [2.05, 4.69) is 34.1 Å². The van der Waals surface area contributed by atoms with Crippen LogP contribution < -0.4 is 4.74 Å². The lowest BCUT2D eigenvalue weighted by molar-refractivity contribution is 0.127. The Bertz CT molecular complexity index is 955. The Morgan fingerprint density at radius 2 is 1.90 bits per heavy atom. The summed E-state index contributed by atoms with van der Waals surface area (Å²) >= 11 is 0. The first-order valence-electron chi connectivity index (χ1n) is 11.5. The molecule has 2 unspecified atom stereocenters. The number of hydrogen-bond donors (Lipinski definition) is 1. The number of benzene rings is 1. The lowest BCUT2D eigenvalue weighted by Gasteiger charge is -2.42. The molecular formula is C25H31N3O2. The Hall–Kier alpha value is -2.56. The Morgan fingerprint density at radius 1 is 1.07 bits per heavy atom. The molecule has 5 nitrogen and oxygen atoms in total. The molecule has 1 aromatic heterocycles. The zero-order valence-electron chi connectivity index (χ0n) is 17.8. The summed E-state index contributed by atoms with van der Waals surface area (Å²) in [6.07, 6.45) is 11.6. The van der Waals surface area contributed by atoms with Crippen molar-refractivity contribution in [2.24, 2.45) is 17.0 Å². The van der Waals surface area contributed by atoms with Crippen LogP contribution in [0.5, 0.6) is 11.6 Å². The monoisotopic (exact) mass is 405 g/mol. The topological polar surface area (TPSA) is 58.0 Å². The van der Waals surface area contributed by atoms with Gasteiger partial charge in [-0.15, -0.1) is 0 Å². The second-order valence-electron chi connectivity index (χ2n) is 9.11. The minimum absolute atomic E-state index is 0.522. The Morgan fingerprint density at radius 3 is 2.77 bits per heavy atom. The largest absolute Gasteiger partial charge is 0.438 e. The molecular weight excluding hydrogens is 374 g/mol. The van der Waals surface area contributed by atoms with Gasteiger partial charge in [-0.05, 0) is 85.8 Å². The molecule has 1 saturated carbocycles. The predicted octanol–water partition coefficient (Wildman–Crippen LogP) is 5.32. The molecule has 2 heterocycles. The molecule has 2 fully saturated rings. The molecule has 5 rings (SSSR count). The molecule has 1 aromatic carbocycles. The maximum absolute atomic E-state index is 9.97. The highest BCUT2D eigenvalue weighted by molar-refractivity contribution is 6.00. The van der Waals surface area contributed by atoms with Gasteiger partial charge < -0.3 is 14.8 Å². The van der Waals surface area contributed by atoms with Gasteiger partial charge in [0.1, 0.15) is 5.75 Å². The Balaban J connectivity index is 1.43. The number of oxime groups is 1. The number of hydrogen-bond acceptors (Lipinski definition) is 4. The van der Waals surface area contributed by atoms with E-state index in [0.717, 1.165) is 43.2 Å². The minimum Gasteiger partial charge on any atom is -0.438 e. The predicted molar refractivity (Wildman–Crippen MR) is 117 cm³/mol. The first-order chi connectivity index (χ1) is 14.7. The fourth-order valence-electron chi connectivity index (χ4n) is 5.78. The van der Waals surface area contributed by atoms with Crippen LogP contribution in [-0.4, -0.2) is 34.0 Å². The lowest BCUT2D eigenvalue weighted by Crippen LogP contribution is -2.45. The summed E-state index contributed by atoms with van der Waals surface area (Å²) in [5.74, 6) is 3.52. The van der Waals surface area contributed by atoms with Crippen LogP contribution in [-0.2, 0) is 12.8 Å². The molecule has 2 atom stereocenters. The summed E-state index contributed by atoms with van der Waals surface area (Å²) in [7, 11) is 0. The van der Waals surface area contributed by atoms with Gasteiger partial charge in [-0.1, -0.05) is 30.5 Å². The molecule has 5 heteroatoms. The first-order valence-corrected chi connectivity index (χ1v) is 11.5. The van der Waals surface area contributed by atoms with Crippen LogP contribution in [0.3, 0.4) is 0 Å². The molecule has 0 amide bonds. The second kappa shape index (κ2) is 8.29. The van der Waals surface area contributed by atoms with Gasteiger partial charge in [-0.3, -0.25) is 0 Å². The maximum Gasteiger partial charge on any atom is 0.230 e. The number of aryl methyl sites for hydroxylation is 1. The van der Waals surface area contributed by atoms with Gasteiger partial charge in [0.05, 0.1) is 5.56 Å². The molecule has 0 radical (unpaired) electrons. The molecule has 2 aromatic rings. The van der Waals surface area contributed by atoms with E-state index >= 15 is 0 Å². The van der Waals surface area contributed by atoms with Crippen molar-refractivity contribution in [3.63, 3.8) is 0 Å². The van der Waals surface area contributed by atoms with Gasteiger partial charge in [0.2, 0.25) is 5.88 Å². The molecule has 1 N–H and O–H groups in total. The van der Waals surface area contributed by atoms with Crippen LogP contribution >= 0.6 is 0 Å². The Labute approximate surface area is 178 Å². The van der Waals surface area contributed by atoms with Crippen LogP contribution in [0, 0.1) is 18.8 Å². The van der Waals surface area contributed by atoms with E-state index < -0.39 is 0 Å². The summed E-state index contributed by atoms with van der Waals surface area (Å²) in [5, 5.41) is 13.7. The highest BCUT2D eigenvalue weighted by atomic mass is 16.5. The van der Waals surface area contributed by atoms with Crippen molar-refractivity contribution in [1.82, 2.24) is 9.88 Å². The van der Waals surface area contributed by atoms with Crippen LogP contribution in [0.1, 0.15) is 60.8 Å². The molecule has 1 saturated heterocycles. The fraction of sp³-hybridized carbons (Fsp3) is 0.520. The van der Waals surface area contributed by atoms with E-state index in [4.69, 9.17) is 4.74 Å². The summed E-state index contributed by atoms with van der Waals surface area (Å²) in [5.41, 5.74) is 4.82. The van der Waals surface area contributed by atoms with Crippen molar-refractivity contribution in [2.75, 3.05) is 13.1 Å². The number of rotatable bonds is 3. The van der Waals surface area contributed by atoms with E-state index in [0.29, 0.717) is 17.6 Å². The van der Waals surface area contributed by atoms with E-state index in [9.17, 15) is 5.21 Å². The van der Waals surface area contributed by atoms with E-state index in [1.165, 1.54) is 55.2 Å². The number of nitrogens with zero attached hydrogens (tertiary/aromatic N) is 3. The van der Waals surface area contributed by atoms with Crippen molar-refractivity contribution in [1.29, 1.82) is 0 Å². The molecule has 0 bridgehead atoms. The maximum atomic E-state index is 9.97. The summed E-state index contributed by atoms with van der Waals surface area (Å²) < 4.78 is 6.36. The van der Waals surface area contributed by atoms with Crippen molar-refractivity contribution < 1.29 is 9.94 Å². The number of fused-ring (bicyclic) bond motifs is 2. The smallest absolute Gasteiger partial charge is 0.230 e. The van der Waals surface area contributed by atoms with Gasteiger partial charge in [0, 0.05) is 19.3 Å². The van der Waals surface area contributed by atoms with Crippen molar-refractivity contribution >= 4 is 5.84 Å². The SMILES string of the molecule is Cc1ccc(Oc2ncccc2/C(=N/O)N2CCC3CCCCC3C2)c2c1CCC2. The number of piperidine rings is 1. The van der Waals surface area contributed by atoms with E-state index in [-0.39, 0.29) is 0 Å². The zero-order valence-corrected chi connectivity index (χ0v) is 17.8. The number of ether oxygens (including phenoxy) is 1. The molecule has 158 valence electrons. The number of aromatic nitrogens is 1. The lowest BCUT2D eigenvalue weighted by atomic mass is 9.75. The molecule has 3 aliphatic rings. The van der Waals surface area contributed by atoms with Crippen molar-refractivity contribution in [3.8, 4) is 11.6 Å². The quantitative estimate of drug-likeness (QED) is 0.325. The highest BCUT2D eigenvalue weighted by Gasteiger charge is 2.33. The summed E-state index contributed by atoms with van der Waals surface area (Å²) in [6, 6.07) is 8.04. The van der Waals surface area contributed by atoms with Crippen molar-refractivity contribution in [2.45, 2.75) is 58.3 Å². The number of amidine groups is 1. The van der Waals surface area contributed by atoms with Crippen LogP contribution in [0.25, 0.3) is 0 Å². The molecule has 1 aliphatic heterocycles. The Kier molecular flexibility index (Phi) is 5.36. The van der Waals surface area contributed by atoms with Gasteiger partial charge in [0.15, 0.2) is 5.84 Å². The summed E-state index contributed by atoms with van der Waals surface area (Å²) in [4.78, 5) is 6.76. The third-order valence-electron chi connectivity index (χ3n) is 7.38. The van der Waals surface area contributed by atoms with Crippen LogP contribution in [0.4, 0.5) is 0 Å². The third kappa shape index (κ3) is 3.55. The summed E-state index contributed by atoms with van der Waals surface area (Å²) in [6.45, 7) is 4.05. The third-order valence-corrected chi connectivity index (χ3v) is 7.38. The normalized spacial score (nSPS) is 23.8. The molecule has 0 spiro atoms. The van der Waals surface area contributed by atoms with E-state index in [1.54, 1.807) is 6.20 Å². The van der Waals surface area contributed by atoms with Gasteiger partial charge in [-0.2, -0.15) is 0 Å².